The van der Waals surface area contributed by atoms with Crippen LogP contribution >= 0.6 is 45.8 Å². The summed E-state index contributed by atoms with van der Waals surface area (Å²) in [5.74, 6) is 0. The smallest absolute Gasteiger partial charge is 0.126 e. The zero-order valence-corrected chi connectivity index (χ0v) is 14.0. The van der Waals surface area contributed by atoms with Gasteiger partial charge >= 0.3 is 0 Å². The van der Waals surface area contributed by atoms with Crippen LogP contribution in [0.25, 0.3) is 0 Å². The van der Waals surface area contributed by atoms with Crippen LogP contribution in [0.3, 0.4) is 0 Å². The van der Waals surface area contributed by atoms with Gasteiger partial charge < -0.3 is 0 Å². The average Bonchev–Trinajstić information content (AvgIpc) is 2.72. The minimum atomic E-state index is 0.657. The second-order valence-electron chi connectivity index (χ2n) is 4.78. The van der Waals surface area contributed by atoms with E-state index >= 15 is 0 Å². The summed E-state index contributed by atoms with van der Waals surface area (Å²) in [5.41, 5.74) is 3.72. The maximum Gasteiger partial charge on any atom is 0.126 e. The van der Waals surface area contributed by atoms with E-state index in [2.05, 4.69) is 32.4 Å². The van der Waals surface area contributed by atoms with E-state index in [4.69, 9.17) is 23.2 Å². The van der Waals surface area contributed by atoms with Crippen LogP contribution in [-0.2, 0) is 19.4 Å². The molecule has 2 nitrogen and oxygen atoms in total. The van der Waals surface area contributed by atoms with Crippen molar-refractivity contribution in [2.75, 3.05) is 0 Å². The molecule has 0 spiro atoms. The van der Waals surface area contributed by atoms with Crippen molar-refractivity contribution < 1.29 is 0 Å². The Balaban J connectivity index is 2.00. The summed E-state index contributed by atoms with van der Waals surface area (Å²) in [4.78, 5) is 0. The zero-order valence-electron chi connectivity index (χ0n) is 10.3. The minimum Gasteiger partial charge on any atom is -0.264 e. The molecule has 1 heterocycles. The average molecular weight is 407 g/mol. The molecule has 100 valence electrons. The van der Waals surface area contributed by atoms with Gasteiger partial charge in [0.2, 0.25) is 0 Å². The topological polar surface area (TPSA) is 17.8 Å². The second-order valence-corrected chi connectivity index (χ2v) is 6.62. The molecule has 0 N–H and O–H groups in total. The second kappa shape index (κ2) is 5.62. The monoisotopic (exact) mass is 406 g/mol. The molecule has 0 radical (unpaired) electrons. The Morgan fingerprint density at radius 2 is 1.84 bits per heavy atom. The quantitative estimate of drug-likeness (QED) is 0.659. The number of hydrogen-bond acceptors (Lipinski definition) is 1. The third kappa shape index (κ3) is 2.65. The molecule has 0 fully saturated rings. The highest BCUT2D eigenvalue weighted by Crippen LogP contribution is 2.29. The fourth-order valence-corrected chi connectivity index (χ4v) is 3.95. The van der Waals surface area contributed by atoms with Gasteiger partial charge in [-0.2, -0.15) is 5.10 Å². The van der Waals surface area contributed by atoms with Gasteiger partial charge in [-0.25, -0.2) is 0 Å². The number of hydrogen-bond donors (Lipinski definition) is 0. The van der Waals surface area contributed by atoms with Gasteiger partial charge in [-0.05, 0) is 60.4 Å². The molecular weight excluding hydrogens is 394 g/mol. The highest BCUT2D eigenvalue weighted by Gasteiger charge is 2.20. The molecule has 2 aromatic rings. The number of nitrogens with zero attached hydrogens (tertiary/aromatic N) is 2. The summed E-state index contributed by atoms with van der Waals surface area (Å²) in [6.07, 6.45) is 4.75. The fourth-order valence-electron chi connectivity index (χ4n) is 2.59. The normalized spacial score (nSPS) is 14.5. The van der Waals surface area contributed by atoms with Gasteiger partial charge in [0.1, 0.15) is 3.70 Å². The number of rotatable bonds is 2. The Morgan fingerprint density at radius 3 is 2.58 bits per heavy atom. The van der Waals surface area contributed by atoms with Gasteiger partial charge in [0.05, 0.1) is 6.54 Å². The van der Waals surface area contributed by atoms with E-state index in [0.717, 1.165) is 22.1 Å². The van der Waals surface area contributed by atoms with Crippen molar-refractivity contribution in [1.29, 1.82) is 0 Å². The van der Waals surface area contributed by atoms with Crippen molar-refractivity contribution in [3.8, 4) is 0 Å². The molecule has 1 aliphatic rings. The Kier molecular flexibility index (Phi) is 4.06. The molecule has 3 rings (SSSR count). The van der Waals surface area contributed by atoms with Crippen LogP contribution in [0.4, 0.5) is 0 Å². The molecule has 0 bridgehead atoms. The lowest BCUT2D eigenvalue weighted by molar-refractivity contribution is 0.595. The molecule has 0 atom stereocenters. The van der Waals surface area contributed by atoms with Crippen molar-refractivity contribution in [2.45, 2.75) is 32.2 Å². The number of halogens is 3. The third-order valence-electron chi connectivity index (χ3n) is 3.58. The van der Waals surface area contributed by atoms with Gasteiger partial charge in [0.25, 0.3) is 0 Å². The standard InChI is InChI=1S/C14H13Cl2IN2/c15-11-5-3-6-12(16)10(11)8-19-13-7-2-1-4-9(13)14(17)18-19/h3,5-6H,1-2,4,7-8H2. The van der Waals surface area contributed by atoms with E-state index < -0.39 is 0 Å². The van der Waals surface area contributed by atoms with Crippen LogP contribution in [0.2, 0.25) is 10.0 Å². The molecule has 19 heavy (non-hydrogen) atoms. The molecule has 5 heteroatoms. The van der Waals surface area contributed by atoms with Crippen LogP contribution in [0.5, 0.6) is 0 Å². The molecule has 1 aromatic heterocycles. The maximum atomic E-state index is 6.24. The highest BCUT2D eigenvalue weighted by molar-refractivity contribution is 14.1. The summed E-state index contributed by atoms with van der Waals surface area (Å²) in [5, 5.41) is 6.08. The first-order valence-corrected chi connectivity index (χ1v) is 8.17. The lowest BCUT2D eigenvalue weighted by Gasteiger charge is -2.15. The van der Waals surface area contributed by atoms with Crippen molar-refractivity contribution in [3.63, 3.8) is 0 Å². The Hall–Kier alpha value is -0.260. The van der Waals surface area contributed by atoms with Crippen molar-refractivity contribution >= 4 is 45.8 Å². The first kappa shape index (κ1) is 13.7. The first-order chi connectivity index (χ1) is 9.16. The first-order valence-electron chi connectivity index (χ1n) is 6.34. The van der Waals surface area contributed by atoms with Crippen LogP contribution in [-0.4, -0.2) is 9.78 Å². The Labute approximate surface area is 136 Å². The summed E-state index contributed by atoms with van der Waals surface area (Å²) in [6, 6.07) is 5.63. The third-order valence-corrected chi connectivity index (χ3v) is 5.15. The Bertz CT molecular complexity index is 602. The van der Waals surface area contributed by atoms with E-state index in [-0.39, 0.29) is 0 Å². The molecule has 0 unspecified atom stereocenters. The number of fused-ring (bicyclic) bond motifs is 1. The van der Waals surface area contributed by atoms with E-state index in [1.54, 1.807) is 0 Å². The molecule has 0 saturated heterocycles. The Morgan fingerprint density at radius 1 is 1.16 bits per heavy atom. The van der Waals surface area contributed by atoms with E-state index in [1.165, 1.54) is 24.1 Å². The SMILES string of the molecule is Clc1cccc(Cl)c1Cn1nc(I)c2c1CCCC2. The van der Waals surface area contributed by atoms with Gasteiger partial charge in [0, 0.05) is 26.9 Å². The minimum absolute atomic E-state index is 0.657. The lowest BCUT2D eigenvalue weighted by atomic mass is 9.98. The van der Waals surface area contributed by atoms with Crippen molar-refractivity contribution in [2.24, 2.45) is 0 Å². The molecule has 0 aliphatic heterocycles. The van der Waals surface area contributed by atoms with Gasteiger partial charge in [0.15, 0.2) is 0 Å². The predicted molar refractivity (Wildman–Crippen MR) is 87.2 cm³/mol. The van der Waals surface area contributed by atoms with Crippen molar-refractivity contribution in [1.82, 2.24) is 9.78 Å². The van der Waals surface area contributed by atoms with Crippen LogP contribution in [0, 0.1) is 3.70 Å². The van der Waals surface area contributed by atoms with E-state index in [1.807, 2.05) is 18.2 Å². The van der Waals surface area contributed by atoms with Crippen LogP contribution < -0.4 is 0 Å². The van der Waals surface area contributed by atoms with Gasteiger partial charge in [-0.3, -0.25) is 4.68 Å². The summed E-state index contributed by atoms with van der Waals surface area (Å²) >= 11 is 14.8. The highest BCUT2D eigenvalue weighted by atomic mass is 127. The zero-order chi connectivity index (χ0) is 13.4. The summed E-state index contributed by atoms with van der Waals surface area (Å²) < 4.78 is 3.19. The van der Waals surface area contributed by atoms with Gasteiger partial charge in [-0.15, -0.1) is 0 Å². The summed E-state index contributed by atoms with van der Waals surface area (Å²) in [6.45, 7) is 0.657. The largest absolute Gasteiger partial charge is 0.264 e. The fraction of sp³-hybridized carbons (Fsp3) is 0.357. The summed E-state index contributed by atoms with van der Waals surface area (Å²) in [7, 11) is 0. The van der Waals surface area contributed by atoms with E-state index in [9.17, 15) is 0 Å². The lowest BCUT2D eigenvalue weighted by Crippen LogP contribution is -2.11. The molecule has 1 aromatic carbocycles. The van der Waals surface area contributed by atoms with Crippen molar-refractivity contribution in [3.05, 3.63) is 48.8 Å². The number of benzene rings is 1. The number of aromatic nitrogens is 2. The molecule has 0 saturated carbocycles. The predicted octanol–water partition coefficient (Wildman–Crippen LogP) is 4.72. The maximum absolute atomic E-state index is 6.24. The van der Waals surface area contributed by atoms with Crippen LogP contribution in [0.15, 0.2) is 18.2 Å². The van der Waals surface area contributed by atoms with Gasteiger partial charge in [-0.1, -0.05) is 29.3 Å². The molecule has 1 aliphatic carbocycles. The molecule has 0 amide bonds. The van der Waals surface area contributed by atoms with E-state index in [0.29, 0.717) is 16.6 Å². The molecular formula is C14H13Cl2IN2. The van der Waals surface area contributed by atoms with Crippen LogP contribution in [0.1, 0.15) is 29.7 Å².